The van der Waals surface area contributed by atoms with Crippen molar-refractivity contribution in [3.63, 3.8) is 0 Å². The lowest BCUT2D eigenvalue weighted by atomic mass is 10.00. The molecule has 1 aromatic heterocycles. The van der Waals surface area contributed by atoms with Crippen LogP contribution in [0.2, 0.25) is 0 Å². The molecule has 0 saturated heterocycles. The molecule has 1 aliphatic rings. The second kappa shape index (κ2) is 7.58. The van der Waals surface area contributed by atoms with Crippen LogP contribution in [0.25, 0.3) is 0 Å². The van der Waals surface area contributed by atoms with Gasteiger partial charge in [0.15, 0.2) is 0 Å². The van der Waals surface area contributed by atoms with E-state index < -0.39 is 0 Å². The van der Waals surface area contributed by atoms with Gasteiger partial charge in [0, 0.05) is 19.6 Å². The Kier molecular flexibility index (Phi) is 4.83. The zero-order valence-corrected chi connectivity index (χ0v) is 14.9. The fraction of sp³-hybridized carbons (Fsp3) is 0.182. The summed E-state index contributed by atoms with van der Waals surface area (Å²) in [4.78, 5) is 18.9. The van der Waals surface area contributed by atoms with E-state index in [1.807, 2.05) is 23.1 Å². The molecule has 0 aliphatic carbocycles. The minimum Gasteiger partial charge on any atom is -0.380 e. The first kappa shape index (κ1) is 17.2. The highest BCUT2D eigenvalue weighted by Crippen LogP contribution is 2.20. The van der Waals surface area contributed by atoms with Crippen LogP contribution in [-0.2, 0) is 19.5 Å². The molecule has 5 heteroatoms. The second-order valence-corrected chi connectivity index (χ2v) is 6.66. The summed E-state index contributed by atoms with van der Waals surface area (Å²) in [5.41, 5.74) is 4.76. The molecular weight excluding hydrogens is 341 g/mol. The van der Waals surface area contributed by atoms with Gasteiger partial charge in [-0.2, -0.15) is 0 Å². The fourth-order valence-electron chi connectivity index (χ4n) is 3.26. The van der Waals surface area contributed by atoms with Crippen molar-refractivity contribution in [2.75, 3.05) is 11.9 Å². The van der Waals surface area contributed by atoms with Crippen molar-refractivity contribution in [1.29, 1.82) is 0 Å². The van der Waals surface area contributed by atoms with Crippen LogP contribution >= 0.6 is 0 Å². The van der Waals surface area contributed by atoms with Crippen LogP contribution in [0.3, 0.4) is 0 Å². The molecule has 0 atom stereocenters. The Hall–Kier alpha value is -3.21. The Morgan fingerprint density at radius 3 is 2.56 bits per heavy atom. The standard InChI is InChI=1S/C22H20FN3O/c23-19-7-5-16(6-8-19)13-24-20-9-10-21(25-14-20)22(27)26-12-11-17-3-1-2-4-18(17)15-26/h1-10,14,24H,11-13,15H2. The largest absolute Gasteiger partial charge is 0.380 e. The van der Waals surface area contributed by atoms with Crippen LogP contribution in [-0.4, -0.2) is 22.3 Å². The van der Waals surface area contributed by atoms with Crippen molar-refractivity contribution in [1.82, 2.24) is 9.88 Å². The first-order valence-electron chi connectivity index (χ1n) is 8.99. The molecule has 0 unspecified atom stereocenters. The van der Waals surface area contributed by atoms with Crippen molar-refractivity contribution in [3.05, 3.63) is 95.1 Å². The number of fused-ring (bicyclic) bond motifs is 1. The minimum absolute atomic E-state index is 0.0467. The highest BCUT2D eigenvalue weighted by atomic mass is 19.1. The topological polar surface area (TPSA) is 45.2 Å². The van der Waals surface area contributed by atoms with E-state index in [2.05, 4.69) is 22.4 Å². The first-order chi connectivity index (χ1) is 13.2. The maximum absolute atomic E-state index is 12.9. The Labute approximate surface area is 157 Å². The number of anilines is 1. The zero-order valence-electron chi connectivity index (χ0n) is 14.9. The molecule has 136 valence electrons. The lowest BCUT2D eigenvalue weighted by Gasteiger charge is -2.28. The number of benzene rings is 2. The smallest absolute Gasteiger partial charge is 0.272 e. The Morgan fingerprint density at radius 1 is 1.04 bits per heavy atom. The van der Waals surface area contributed by atoms with Crippen molar-refractivity contribution >= 4 is 11.6 Å². The molecule has 2 aromatic carbocycles. The SMILES string of the molecule is O=C(c1ccc(NCc2ccc(F)cc2)cn1)N1CCc2ccccc2C1. The van der Waals surface area contributed by atoms with Gasteiger partial charge in [-0.15, -0.1) is 0 Å². The van der Waals surface area contributed by atoms with E-state index in [9.17, 15) is 9.18 Å². The molecule has 0 radical (unpaired) electrons. The Morgan fingerprint density at radius 2 is 1.81 bits per heavy atom. The molecule has 1 N–H and O–H groups in total. The number of nitrogens with zero attached hydrogens (tertiary/aromatic N) is 2. The number of aromatic nitrogens is 1. The van der Waals surface area contributed by atoms with E-state index in [-0.39, 0.29) is 11.7 Å². The van der Waals surface area contributed by atoms with Crippen molar-refractivity contribution in [2.45, 2.75) is 19.5 Å². The third-order valence-corrected chi connectivity index (χ3v) is 4.81. The van der Waals surface area contributed by atoms with Gasteiger partial charge in [0.25, 0.3) is 5.91 Å². The molecule has 0 spiro atoms. The third kappa shape index (κ3) is 3.97. The number of halogens is 1. The van der Waals surface area contributed by atoms with Gasteiger partial charge in [-0.3, -0.25) is 4.79 Å². The summed E-state index contributed by atoms with van der Waals surface area (Å²) < 4.78 is 12.9. The highest BCUT2D eigenvalue weighted by Gasteiger charge is 2.22. The van der Waals surface area contributed by atoms with E-state index in [1.165, 1.54) is 23.3 Å². The molecule has 0 bridgehead atoms. The van der Waals surface area contributed by atoms with Gasteiger partial charge < -0.3 is 10.2 Å². The maximum Gasteiger partial charge on any atom is 0.272 e. The van der Waals surface area contributed by atoms with E-state index in [0.29, 0.717) is 25.3 Å². The van der Waals surface area contributed by atoms with Gasteiger partial charge >= 0.3 is 0 Å². The molecule has 4 rings (SSSR count). The monoisotopic (exact) mass is 361 g/mol. The molecule has 0 fully saturated rings. The minimum atomic E-state index is -0.247. The number of rotatable bonds is 4. The van der Waals surface area contributed by atoms with Gasteiger partial charge in [-0.05, 0) is 47.4 Å². The van der Waals surface area contributed by atoms with Crippen LogP contribution in [0.1, 0.15) is 27.2 Å². The van der Waals surface area contributed by atoms with Gasteiger partial charge in [0.1, 0.15) is 11.5 Å². The summed E-state index contributed by atoms with van der Waals surface area (Å²) in [7, 11) is 0. The summed E-state index contributed by atoms with van der Waals surface area (Å²) in [6.07, 6.45) is 2.54. The summed E-state index contributed by atoms with van der Waals surface area (Å²) in [5, 5.41) is 3.23. The van der Waals surface area contributed by atoms with Crippen molar-refractivity contribution in [2.24, 2.45) is 0 Å². The van der Waals surface area contributed by atoms with Gasteiger partial charge in [0.2, 0.25) is 0 Å². The molecule has 1 amide bonds. The summed E-state index contributed by atoms with van der Waals surface area (Å²) in [5.74, 6) is -0.293. The highest BCUT2D eigenvalue weighted by molar-refractivity contribution is 5.92. The molecular formula is C22H20FN3O. The third-order valence-electron chi connectivity index (χ3n) is 4.81. The normalized spacial score (nSPS) is 13.1. The number of nitrogens with one attached hydrogen (secondary N) is 1. The summed E-state index contributed by atoms with van der Waals surface area (Å²) in [6, 6.07) is 18.2. The number of carbonyl (C=O) groups is 1. The fourth-order valence-corrected chi connectivity index (χ4v) is 3.26. The number of amides is 1. The number of hydrogen-bond acceptors (Lipinski definition) is 3. The van der Waals surface area contributed by atoms with Crippen molar-refractivity contribution in [3.8, 4) is 0 Å². The van der Waals surface area contributed by atoms with Crippen LogP contribution in [0.15, 0.2) is 66.9 Å². The number of carbonyl (C=O) groups excluding carboxylic acids is 1. The van der Waals surface area contributed by atoms with Crippen LogP contribution in [0, 0.1) is 5.82 Å². The van der Waals surface area contributed by atoms with E-state index >= 15 is 0 Å². The lowest BCUT2D eigenvalue weighted by molar-refractivity contribution is 0.0729. The van der Waals surface area contributed by atoms with Gasteiger partial charge in [0.05, 0.1) is 11.9 Å². The zero-order chi connectivity index (χ0) is 18.6. The molecule has 1 aliphatic heterocycles. The predicted molar refractivity (Wildman–Crippen MR) is 103 cm³/mol. The first-order valence-corrected chi connectivity index (χ1v) is 8.99. The molecule has 0 saturated carbocycles. The van der Waals surface area contributed by atoms with Crippen molar-refractivity contribution < 1.29 is 9.18 Å². The van der Waals surface area contributed by atoms with E-state index in [4.69, 9.17) is 0 Å². The summed E-state index contributed by atoms with van der Waals surface area (Å²) in [6.45, 7) is 1.90. The molecule has 3 aromatic rings. The van der Waals surface area contributed by atoms with Gasteiger partial charge in [-0.1, -0.05) is 36.4 Å². The van der Waals surface area contributed by atoms with Crippen LogP contribution in [0.5, 0.6) is 0 Å². The van der Waals surface area contributed by atoms with Crippen LogP contribution < -0.4 is 5.32 Å². The average molecular weight is 361 g/mol. The maximum atomic E-state index is 12.9. The average Bonchev–Trinajstić information content (AvgIpc) is 2.73. The number of hydrogen-bond donors (Lipinski definition) is 1. The Bertz CT molecular complexity index is 939. The number of pyridine rings is 1. The predicted octanol–water partition coefficient (Wildman–Crippen LogP) is 4.03. The molecule has 4 nitrogen and oxygen atoms in total. The summed E-state index contributed by atoms with van der Waals surface area (Å²) >= 11 is 0. The second-order valence-electron chi connectivity index (χ2n) is 6.66. The van der Waals surface area contributed by atoms with Crippen LogP contribution in [0.4, 0.5) is 10.1 Å². The van der Waals surface area contributed by atoms with Gasteiger partial charge in [-0.25, -0.2) is 9.37 Å². The quantitative estimate of drug-likeness (QED) is 0.763. The molecule has 2 heterocycles. The van der Waals surface area contributed by atoms with E-state index in [1.54, 1.807) is 24.4 Å². The molecule has 27 heavy (non-hydrogen) atoms. The Balaban J connectivity index is 1.38. The van der Waals surface area contributed by atoms with E-state index in [0.717, 1.165) is 17.7 Å². The lowest BCUT2D eigenvalue weighted by Crippen LogP contribution is -2.36.